The summed E-state index contributed by atoms with van der Waals surface area (Å²) in [5.74, 6) is -3.77. The average molecular weight is 311 g/mol. The third kappa shape index (κ3) is 3.25. The number of esters is 1. The molecule has 0 radical (unpaired) electrons. The van der Waals surface area contributed by atoms with Gasteiger partial charge in [0.25, 0.3) is 5.91 Å². The smallest absolute Gasteiger partial charge is 0.341 e. The topological polar surface area (TPSA) is 55.4 Å². The first-order valence-electron chi connectivity index (χ1n) is 6.04. The Bertz CT molecular complexity index is 685. The second kappa shape index (κ2) is 6.45. The minimum atomic E-state index is -1.23. The maximum Gasteiger partial charge on any atom is 0.341 e. The SMILES string of the molecule is CCOC(=O)c1ccsc1NC(=O)c1cccc(F)c1F. The molecule has 21 heavy (non-hydrogen) atoms. The summed E-state index contributed by atoms with van der Waals surface area (Å²) >= 11 is 1.09. The van der Waals surface area contributed by atoms with Crippen LogP contribution in [0.4, 0.5) is 13.8 Å². The second-order valence-electron chi connectivity index (χ2n) is 3.94. The Morgan fingerprint density at radius 1 is 1.24 bits per heavy atom. The highest BCUT2D eigenvalue weighted by atomic mass is 32.1. The molecular formula is C14H11F2NO3S. The van der Waals surface area contributed by atoms with Gasteiger partial charge in [-0.25, -0.2) is 13.6 Å². The molecule has 0 aliphatic carbocycles. The Morgan fingerprint density at radius 3 is 2.71 bits per heavy atom. The number of ether oxygens (including phenoxy) is 1. The van der Waals surface area contributed by atoms with Crippen LogP contribution in [0, 0.1) is 11.6 Å². The van der Waals surface area contributed by atoms with E-state index in [2.05, 4.69) is 5.32 Å². The van der Waals surface area contributed by atoms with Gasteiger partial charge in [-0.1, -0.05) is 6.07 Å². The molecule has 0 spiro atoms. The molecule has 0 aliphatic rings. The number of halogens is 2. The van der Waals surface area contributed by atoms with Gasteiger partial charge < -0.3 is 10.1 Å². The van der Waals surface area contributed by atoms with Crippen LogP contribution >= 0.6 is 11.3 Å². The number of anilines is 1. The first kappa shape index (κ1) is 15.1. The fourth-order valence-electron chi connectivity index (χ4n) is 1.63. The lowest BCUT2D eigenvalue weighted by atomic mass is 10.2. The highest BCUT2D eigenvalue weighted by molar-refractivity contribution is 7.14. The van der Waals surface area contributed by atoms with E-state index < -0.39 is 29.1 Å². The van der Waals surface area contributed by atoms with Gasteiger partial charge in [-0.05, 0) is 30.5 Å². The molecule has 0 saturated carbocycles. The van der Waals surface area contributed by atoms with Gasteiger partial charge in [0.05, 0.1) is 17.7 Å². The largest absolute Gasteiger partial charge is 0.462 e. The number of carbonyl (C=O) groups excluding carboxylic acids is 2. The molecule has 1 N–H and O–H groups in total. The first-order chi connectivity index (χ1) is 10.0. The number of carbonyl (C=O) groups is 2. The van der Waals surface area contributed by atoms with Crippen LogP contribution in [0.25, 0.3) is 0 Å². The van der Waals surface area contributed by atoms with Gasteiger partial charge in [-0.15, -0.1) is 11.3 Å². The lowest BCUT2D eigenvalue weighted by molar-refractivity contribution is 0.0528. The third-order valence-electron chi connectivity index (χ3n) is 2.58. The van der Waals surface area contributed by atoms with E-state index in [0.717, 1.165) is 23.5 Å². The summed E-state index contributed by atoms with van der Waals surface area (Å²) in [6.45, 7) is 1.85. The van der Waals surface area contributed by atoms with E-state index in [1.54, 1.807) is 12.3 Å². The number of hydrogen-bond donors (Lipinski definition) is 1. The normalized spacial score (nSPS) is 10.2. The fraction of sp³-hybridized carbons (Fsp3) is 0.143. The van der Waals surface area contributed by atoms with Crippen LogP contribution < -0.4 is 5.32 Å². The molecule has 1 amide bonds. The lowest BCUT2D eigenvalue weighted by Gasteiger charge is -2.07. The van der Waals surface area contributed by atoms with Crippen LogP contribution in [0.5, 0.6) is 0 Å². The Balaban J connectivity index is 2.23. The van der Waals surface area contributed by atoms with Crippen molar-refractivity contribution in [3.05, 3.63) is 52.4 Å². The van der Waals surface area contributed by atoms with Crippen LogP contribution in [0.3, 0.4) is 0 Å². The van der Waals surface area contributed by atoms with Crippen LogP contribution in [-0.4, -0.2) is 18.5 Å². The molecule has 2 rings (SSSR count). The summed E-state index contributed by atoms with van der Waals surface area (Å²) in [5.41, 5.74) is -0.259. The summed E-state index contributed by atoms with van der Waals surface area (Å²) in [5, 5.41) is 4.20. The van der Waals surface area contributed by atoms with Gasteiger partial charge in [-0.2, -0.15) is 0 Å². The number of benzene rings is 1. The molecule has 110 valence electrons. The van der Waals surface area contributed by atoms with Crippen molar-refractivity contribution in [2.45, 2.75) is 6.92 Å². The monoisotopic (exact) mass is 311 g/mol. The zero-order chi connectivity index (χ0) is 15.4. The molecular weight excluding hydrogens is 300 g/mol. The Kier molecular flexibility index (Phi) is 4.64. The van der Waals surface area contributed by atoms with E-state index in [4.69, 9.17) is 4.74 Å². The summed E-state index contributed by atoms with van der Waals surface area (Å²) in [4.78, 5) is 23.6. The highest BCUT2D eigenvalue weighted by Crippen LogP contribution is 2.25. The maximum atomic E-state index is 13.5. The van der Waals surface area contributed by atoms with Crippen molar-refractivity contribution >= 4 is 28.2 Å². The fourth-order valence-corrected chi connectivity index (χ4v) is 2.40. The number of nitrogens with one attached hydrogen (secondary N) is 1. The summed E-state index contributed by atoms with van der Waals surface area (Å²) < 4.78 is 31.5. The van der Waals surface area contributed by atoms with Gasteiger partial charge in [0, 0.05) is 0 Å². The van der Waals surface area contributed by atoms with Crippen molar-refractivity contribution in [3.63, 3.8) is 0 Å². The van der Waals surface area contributed by atoms with E-state index in [0.29, 0.717) is 0 Å². The number of amides is 1. The van der Waals surface area contributed by atoms with Crippen LogP contribution in [0.15, 0.2) is 29.6 Å². The van der Waals surface area contributed by atoms with E-state index in [-0.39, 0.29) is 17.2 Å². The van der Waals surface area contributed by atoms with E-state index in [1.165, 1.54) is 12.1 Å². The lowest BCUT2D eigenvalue weighted by Crippen LogP contribution is -2.16. The Morgan fingerprint density at radius 2 is 2.00 bits per heavy atom. The van der Waals surface area contributed by atoms with Crippen molar-refractivity contribution in [1.29, 1.82) is 0 Å². The van der Waals surface area contributed by atoms with Crippen molar-refractivity contribution in [2.75, 3.05) is 11.9 Å². The highest BCUT2D eigenvalue weighted by Gasteiger charge is 2.19. The molecule has 4 nitrogen and oxygen atoms in total. The minimum Gasteiger partial charge on any atom is -0.462 e. The van der Waals surface area contributed by atoms with Crippen LogP contribution in [0.2, 0.25) is 0 Å². The maximum absolute atomic E-state index is 13.5. The molecule has 7 heteroatoms. The van der Waals surface area contributed by atoms with Gasteiger partial charge in [0.15, 0.2) is 11.6 Å². The number of thiophene rings is 1. The van der Waals surface area contributed by atoms with Crippen LogP contribution in [-0.2, 0) is 4.74 Å². The Hall–Kier alpha value is -2.28. The first-order valence-corrected chi connectivity index (χ1v) is 6.92. The molecule has 0 unspecified atom stereocenters. The molecule has 0 atom stereocenters. The predicted molar refractivity (Wildman–Crippen MR) is 74.6 cm³/mol. The third-order valence-corrected chi connectivity index (χ3v) is 3.41. The van der Waals surface area contributed by atoms with Gasteiger partial charge >= 0.3 is 5.97 Å². The molecule has 0 saturated heterocycles. The van der Waals surface area contributed by atoms with E-state index in [1.807, 2.05) is 0 Å². The molecule has 1 aromatic heterocycles. The molecule has 0 aliphatic heterocycles. The zero-order valence-electron chi connectivity index (χ0n) is 11.0. The van der Waals surface area contributed by atoms with Gasteiger partial charge in [0.2, 0.25) is 0 Å². The van der Waals surface area contributed by atoms with Gasteiger partial charge in [-0.3, -0.25) is 4.79 Å². The Labute approximate surface area is 123 Å². The van der Waals surface area contributed by atoms with Crippen molar-refractivity contribution in [1.82, 2.24) is 0 Å². The molecule has 0 fully saturated rings. The quantitative estimate of drug-likeness (QED) is 0.880. The molecule has 0 bridgehead atoms. The van der Waals surface area contributed by atoms with Crippen molar-refractivity contribution in [2.24, 2.45) is 0 Å². The van der Waals surface area contributed by atoms with E-state index >= 15 is 0 Å². The van der Waals surface area contributed by atoms with Gasteiger partial charge in [0.1, 0.15) is 5.00 Å². The zero-order valence-corrected chi connectivity index (χ0v) is 11.8. The predicted octanol–water partition coefficient (Wildman–Crippen LogP) is 3.46. The van der Waals surface area contributed by atoms with Crippen molar-refractivity contribution in [3.8, 4) is 0 Å². The van der Waals surface area contributed by atoms with Crippen LogP contribution in [0.1, 0.15) is 27.6 Å². The molecule has 1 aromatic carbocycles. The number of hydrogen-bond acceptors (Lipinski definition) is 4. The second-order valence-corrected chi connectivity index (χ2v) is 4.86. The van der Waals surface area contributed by atoms with E-state index in [9.17, 15) is 18.4 Å². The minimum absolute atomic E-state index is 0.173. The van der Waals surface area contributed by atoms with Crippen molar-refractivity contribution < 1.29 is 23.1 Å². The number of rotatable bonds is 4. The summed E-state index contributed by atoms with van der Waals surface area (Å²) in [7, 11) is 0. The summed E-state index contributed by atoms with van der Waals surface area (Å²) in [6.07, 6.45) is 0. The average Bonchev–Trinajstić information content (AvgIpc) is 2.90. The summed E-state index contributed by atoms with van der Waals surface area (Å²) in [6, 6.07) is 4.79. The molecule has 1 heterocycles. The molecule has 2 aromatic rings. The standard InChI is InChI=1S/C14H11F2NO3S/c1-2-20-14(19)9-6-7-21-13(9)17-12(18)8-4-3-5-10(15)11(8)16/h3-7H,2H2,1H3,(H,17,18).